The molecule has 1 aliphatic carbocycles. The van der Waals surface area contributed by atoms with Gasteiger partial charge in [0.25, 0.3) is 5.91 Å². The lowest BCUT2D eigenvalue weighted by atomic mass is 9.91. The number of hydrogen-bond acceptors (Lipinski definition) is 8. The molecule has 30 heavy (non-hydrogen) atoms. The highest BCUT2D eigenvalue weighted by Gasteiger charge is 2.23. The number of primary amides is 1. The van der Waals surface area contributed by atoms with Gasteiger partial charge in [-0.05, 0) is 43.2 Å². The molecule has 0 bridgehead atoms. The molecule has 3 aromatic rings. The molecular formula is C21H22N8O. The summed E-state index contributed by atoms with van der Waals surface area (Å²) < 4.78 is 0. The van der Waals surface area contributed by atoms with Crippen molar-refractivity contribution in [1.29, 1.82) is 5.26 Å². The number of nitriles is 1. The number of carbonyl (C=O) groups is 1. The molecule has 0 saturated heterocycles. The molecule has 6 N–H and O–H groups in total. The van der Waals surface area contributed by atoms with Crippen molar-refractivity contribution in [1.82, 2.24) is 15.0 Å². The van der Waals surface area contributed by atoms with E-state index in [1.54, 1.807) is 18.2 Å². The van der Waals surface area contributed by atoms with Crippen molar-refractivity contribution in [2.75, 3.05) is 10.6 Å². The fourth-order valence-electron chi connectivity index (χ4n) is 3.63. The number of aromatic nitrogens is 3. The SMILES string of the molecule is N#Cc1ccc2cc(Nc3nc(N[C@@H]4CCCC[C@@H]4N)ncc3C(N)=O)ccc2n1. The zero-order chi connectivity index (χ0) is 21.1. The molecule has 1 fully saturated rings. The van der Waals surface area contributed by atoms with Crippen LogP contribution in [-0.2, 0) is 0 Å². The van der Waals surface area contributed by atoms with Gasteiger partial charge in [0, 0.05) is 29.4 Å². The Morgan fingerprint density at radius 3 is 2.77 bits per heavy atom. The van der Waals surface area contributed by atoms with Gasteiger partial charge in [0.05, 0.1) is 5.52 Å². The van der Waals surface area contributed by atoms with Crippen LogP contribution in [0.15, 0.2) is 36.5 Å². The maximum Gasteiger partial charge on any atom is 0.254 e. The van der Waals surface area contributed by atoms with E-state index in [1.807, 2.05) is 18.2 Å². The van der Waals surface area contributed by atoms with Gasteiger partial charge >= 0.3 is 0 Å². The fourth-order valence-corrected chi connectivity index (χ4v) is 3.63. The van der Waals surface area contributed by atoms with E-state index in [0.29, 0.717) is 28.7 Å². The highest BCUT2D eigenvalue weighted by Crippen LogP contribution is 2.25. The maximum absolute atomic E-state index is 11.9. The molecule has 0 radical (unpaired) electrons. The average Bonchev–Trinajstić information content (AvgIpc) is 2.75. The Hall–Kier alpha value is -3.77. The lowest BCUT2D eigenvalue weighted by Crippen LogP contribution is -2.43. The quantitative estimate of drug-likeness (QED) is 0.507. The molecule has 0 aliphatic heterocycles. The molecule has 2 aromatic heterocycles. The van der Waals surface area contributed by atoms with Crippen LogP contribution in [0.2, 0.25) is 0 Å². The minimum absolute atomic E-state index is 0.0425. The molecule has 4 rings (SSSR count). The second-order valence-corrected chi connectivity index (χ2v) is 7.36. The van der Waals surface area contributed by atoms with Crippen molar-refractivity contribution in [3.05, 3.63) is 47.8 Å². The van der Waals surface area contributed by atoms with Crippen LogP contribution in [0.25, 0.3) is 10.9 Å². The van der Waals surface area contributed by atoms with Crippen molar-refractivity contribution >= 4 is 34.3 Å². The lowest BCUT2D eigenvalue weighted by Gasteiger charge is -2.29. The predicted molar refractivity (Wildman–Crippen MR) is 114 cm³/mol. The first-order valence-corrected chi connectivity index (χ1v) is 9.80. The van der Waals surface area contributed by atoms with Crippen LogP contribution < -0.4 is 22.1 Å². The van der Waals surface area contributed by atoms with Gasteiger partial charge < -0.3 is 22.1 Å². The largest absolute Gasteiger partial charge is 0.365 e. The topological polar surface area (TPSA) is 156 Å². The molecule has 2 atom stereocenters. The molecule has 0 unspecified atom stereocenters. The first kappa shape index (κ1) is 19.5. The fraction of sp³-hybridized carbons (Fsp3) is 0.286. The highest BCUT2D eigenvalue weighted by atomic mass is 16.1. The standard InChI is InChI=1S/C21H22N8O/c22-10-14-6-5-12-9-13(7-8-17(12)26-14)27-20-15(19(24)30)11-25-21(29-20)28-18-4-2-1-3-16(18)23/h5-9,11,16,18H,1-4,23H2,(H2,24,30)(H2,25,27,28,29)/t16-,18+/m0/s1. The van der Waals surface area contributed by atoms with Crippen molar-refractivity contribution in [2.45, 2.75) is 37.8 Å². The van der Waals surface area contributed by atoms with Gasteiger partial charge in [-0.2, -0.15) is 10.2 Å². The zero-order valence-electron chi connectivity index (χ0n) is 16.3. The Balaban J connectivity index is 1.62. The molecule has 1 saturated carbocycles. The van der Waals surface area contributed by atoms with Crippen LogP contribution in [0.4, 0.5) is 17.5 Å². The van der Waals surface area contributed by atoms with Crippen LogP contribution in [0, 0.1) is 11.3 Å². The monoisotopic (exact) mass is 402 g/mol. The van der Waals surface area contributed by atoms with Crippen molar-refractivity contribution in [3.8, 4) is 6.07 Å². The number of benzene rings is 1. The molecular weight excluding hydrogens is 380 g/mol. The molecule has 1 amide bonds. The van der Waals surface area contributed by atoms with Gasteiger partial charge in [0.15, 0.2) is 0 Å². The second-order valence-electron chi connectivity index (χ2n) is 7.36. The molecule has 1 aliphatic rings. The number of fused-ring (bicyclic) bond motifs is 1. The number of hydrogen-bond donors (Lipinski definition) is 4. The Labute approximate surface area is 173 Å². The summed E-state index contributed by atoms with van der Waals surface area (Å²) in [6, 6.07) is 11.1. The number of rotatable bonds is 5. The molecule has 9 heteroatoms. The summed E-state index contributed by atoms with van der Waals surface area (Å²) in [6.07, 6.45) is 5.55. The Bertz CT molecular complexity index is 1140. The highest BCUT2D eigenvalue weighted by molar-refractivity contribution is 5.98. The van der Waals surface area contributed by atoms with Gasteiger partial charge in [-0.25, -0.2) is 9.97 Å². The number of amides is 1. The molecule has 1 aromatic carbocycles. The Morgan fingerprint density at radius 2 is 2.00 bits per heavy atom. The van der Waals surface area contributed by atoms with Gasteiger partial charge in [-0.15, -0.1) is 0 Å². The first-order valence-electron chi connectivity index (χ1n) is 9.80. The van der Waals surface area contributed by atoms with E-state index in [1.165, 1.54) is 6.20 Å². The minimum atomic E-state index is -0.625. The summed E-state index contributed by atoms with van der Waals surface area (Å²) in [5, 5.41) is 16.3. The Morgan fingerprint density at radius 1 is 1.17 bits per heavy atom. The summed E-state index contributed by atoms with van der Waals surface area (Å²) in [5.74, 6) is 0.0795. The van der Waals surface area contributed by atoms with Crippen LogP contribution in [0.1, 0.15) is 41.7 Å². The van der Waals surface area contributed by atoms with Gasteiger partial charge in [0.2, 0.25) is 5.95 Å². The van der Waals surface area contributed by atoms with E-state index in [2.05, 4.69) is 25.6 Å². The summed E-state index contributed by atoms with van der Waals surface area (Å²) in [6.45, 7) is 0. The van der Waals surface area contributed by atoms with Gasteiger partial charge in [0.1, 0.15) is 23.1 Å². The number of nitrogens with one attached hydrogen (secondary N) is 2. The zero-order valence-corrected chi connectivity index (χ0v) is 16.3. The molecule has 9 nitrogen and oxygen atoms in total. The normalized spacial score (nSPS) is 18.5. The maximum atomic E-state index is 11.9. The number of anilines is 3. The van der Waals surface area contributed by atoms with Crippen LogP contribution >= 0.6 is 0 Å². The van der Waals surface area contributed by atoms with Crippen LogP contribution in [0.5, 0.6) is 0 Å². The third-order valence-electron chi connectivity index (χ3n) is 5.25. The average molecular weight is 402 g/mol. The number of carbonyl (C=O) groups excluding carboxylic acids is 1. The van der Waals surface area contributed by atoms with E-state index >= 15 is 0 Å². The predicted octanol–water partition coefficient (Wildman–Crippen LogP) is 2.42. The van der Waals surface area contributed by atoms with Gasteiger partial charge in [-0.1, -0.05) is 12.8 Å². The first-order chi connectivity index (χ1) is 14.5. The third kappa shape index (κ3) is 4.14. The molecule has 152 valence electrons. The van der Waals surface area contributed by atoms with Crippen LogP contribution in [0.3, 0.4) is 0 Å². The summed E-state index contributed by atoms with van der Waals surface area (Å²) in [4.78, 5) is 24.9. The van der Waals surface area contributed by atoms with Crippen molar-refractivity contribution < 1.29 is 4.79 Å². The third-order valence-corrected chi connectivity index (χ3v) is 5.25. The van der Waals surface area contributed by atoms with Crippen molar-refractivity contribution in [3.63, 3.8) is 0 Å². The minimum Gasteiger partial charge on any atom is -0.365 e. The summed E-state index contributed by atoms with van der Waals surface area (Å²) >= 11 is 0. The van der Waals surface area contributed by atoms with Gasteiger partial charge in [-0.3, -0.25) is 4.79 Å². The van der Waals surface area contributed by atoms with E-state index in [-0.39, 0.29) is 17.6 Å². The van der Waals surface area contributed by atoms with E-state index in [0.717, 1.165) is 31.1 Å². The van der Waals surface area contributed by atoms with Crippen molar-refractivity contribution in [2.24, 2.45) is 11.5 Å². The molecule has 2 heterocycles. The van der Waals surface area contributed by atoms with E-state index in [9.17, 15) is 4.79 Å². The molecule has 0 spiro atoms. The number of nitrogens with two attached hydrogens (primary N) is 2. The lowest BCUT2D eigenvalue weighted by molar-refractivity contribution is 0.100. The smallest absolute Gasteiger partial charge is 0.254 e. The van der Waals surface area contributed by atoms with E-state index < -0.39 is 5.91 Å². The summed E-state index contributed by atoms with van der Waals surface area (Å²) in [7, 11) is 0. The van der Waals surface area contributed by atoms with Crippen LogP contribution in [-0.4, -0.2) is 32.9 Å². The second kappa shape index (κ2) is 8.31. The number of pyridine rings is 1. The summed E-state index contributed by atoms with van der Waals surface area (Å²) in [5.41, 5.74) is 13.7. The van der Waals surface area contributed by atoms with E-state index in [4.69, 9.17) is 16.7 Å². The number of nitrogens with zero attached hydrogens (tertiary/aromatic N) is 4. The Kier molecular flexibility index (Phi) is 5.41.